The molecule has 284 valence electrons. The van der Waals surface area contributed by atoms with Crippen LogP contribution in [0.4, 0.5) is 28.4 Å². The van der Waals surface area contributed by atoms with E-state index in [2.05, 4.69) is 238 Å². The van der Waals surface area contributed by atoms with Crippen molar-refractivity contribution in [3.8, 4) is 5.69 Å². The van der Waals surface area contributed by atoms with Gasteiger partial charge >= 0.3 is 6.85 Å². The number of benzene rings is 8. The number of allylic oxidation sites excluding steroid dienone is 2. The smallest absolute Gasteiger partial charge is 0.332 e. The Bertz CT molecular complexity index is 3290. The van der Waals surface area contributed by atoms with Crippen molar-refractivity contribution in [2.75, 3.05) is 9.80 Å². The molecule has 0 amide bonds. The van der Waals surface area contributed by atoms with Crippen molar-refractivity contribution in [1.82, 2.24) is 9.05 Å². The van der Waals surface area contributed by atoms with E-state index in [1.54, 1.807) is 0 Å². The third-order valence-corrected chi connectivity index (χ3v) is 12.7. The Morgan fingerprint density at radius 3 is 1.90 bits per heavy atom. The Kier molecular flexibility index (Phi) is 7.95. The predicted molar refractivity (Wildman–Crippen MR) is 255 cm³/mol. The molecule has 10 aromatic rings. The van der Waals surface area contributed by atoms with E-state index in [1.807, 2.05) is 0 Å². The van der Waals surface area contributed by atoms with E-state index in [-0.39, 0.29) is 12.9 Å². The highest BCUT2D eigenvalue weighted by Crippen LogP contribution is 2.43. The van der Waals surface area contributed by atoms with Crippen LogP contribution in [0.25, 0.3) is 49.3 Å². The van der Waals surface area contributed by atoms with Crippen LogP contribution < -0.4 is 20.7 Å². The summed E-state index contributed by atoms with van der Waals surface area (Å²) in [5, 5.41) is 5.04. The van der Waals surface area contributed by atoms with E-state index in [0.717, 1.165) is 23.5 Å². The molecule has 0 N–H and O–H groups in total. The Hall–Kier alpha value is -7.50. The van der Waals surface area contributed by atoms with Crippen LogP contribution in [0.5, 0.6) is 0 Å². The number of aryl methyl sites for hydroxylation is 1. The van der Waals surface area contributed by atoms with E-state index in [1.165, 1.54) is 77.2 Å². The highest BCUT2D eigenvalue weighted by molar-refractivity contribution is 6.88. The summed E-state index contributed by atoms with van der Waals surface area (Å²) >= 11 is 0. The Morgan fingerprint density at radius 1 is 0.483 bits per heavy atom. The lowest BCUT2D eigenvalue weighted by atomic mass is 9.48. The van der Waals surface area contributed by atoms with Crippen molar-refractivity contribution in [1.29, 1.82) is 0 Å². The number of para-hydroxylation sites is 6. The minimum absolute atomic E-state index is 0.0898. The number of anilines is 5. The topological polar surface area (TPSA) is 16.3 Å². The number of hydrogen-bond donors (Lipinski definition) is 0. The molecule has 1 aliphatic carbocycles. The molecule has 1 aliphatic heterocycles. The van der Waals surface area contributed by atoms with Crippen LogP contribution in [-0.4, -0.2) is 21.9 Å². The molecule has 1 atom stereocenters. The van der Waals surface area contributed by atoms with E-state index in [9.17, 15) is 0 Å². The third kappa shape index (κ3) is 5.25. The van der Waals surface area contributed by atoms with Crippen molar-refractivity contribution < 1.29 is 0 Å². The van der Waals surface area contributed by atoms with E-state index in [0.29, 0.717) is 0 Å². The number of aromatic nitrogens is 2. The molecule has 0 fully saturated rings. The lowest BCUT2D eigenvalue weighted by Gasteiger charge is -2.34. The lowest BCUT2D eigenvalue weighted by Crippen LogP contribution is -2.53. The molecule has 60 heavy (non-hydrogen) atoms. The second-order valence-electron chi connectivity index (χ2n) is 16.1. The average Bonchev–Trinajstić information content (AvgIpc) is 3.82. The quantitative estimate of drug-likeness (QED) is 0.150. The summed E-state index contributed by atoms with van der Waals surface area (Å²) in [5.41, 5.74) is 15.8. The molecule has 0 bridgehead atoms. The molecule has 8 aromatic carbocycles. The Labute approximate surface area is 350 Å². The monoisotopic (exact) mass is 768 g/mol. The zero-order chi connectivity index (χ0) is 39.7. The van der Waals surface area contributed by atoms with E-state index in [4.69, 9.17) is 0 Å². The average molecular weight is 769 g/mol. The summed E-state index contributed by atoms with van der Waals surface area (Å²) in [6.07, 6.45) is 9.94. The van der Waals surface area contributed by atoms with Gasteiger partial charge in [-0.1, -0.05) is 133 Å². The van der Waals surface area contributed by atoms with Gasteiger partial charge in [-0.25, -0.2) is 0 Å². The normalized spacial score (nSPS) is 14.3. The highest BCUT2D eigenvalue weighted by Gasteiger charge is 2.38. The number of fused-ring (bicyclic) bond motifs is 8. The van der Waals surface area contributed by atoms with Crippen molar-refractivity contribution in [2.45, 2.75) is 19.4 Å². The van der Waals surface area contributed by atoms with Crippen LogP contribution in [0, 0.1) is 6.92 Å². The zero-order valence-corrected chi connectivity index (χ0v) is 33.4. The maximum absolute atomic E-state index is 2.65. The summed E-state index contributed by atoms with van der Waals surface area (Å²) in [6, 6.07) is 69.4. The number of hydrogen-bond acceptors (Lipinski definition) is 2. The van der Waals surface area contributed by atoms with Crippen LogP contribution in [0.1, 0.15) is 12.0 Å². The third-order valence-electron chi connectivity index (χ3n) is 12.7. The fraction of sp³-hybridized carbons (Fsp3) is 0.0545. The molecule has 12 rings (SSSR count). The molecular formula is C55H41BN4. The maximum Gasteiger partial charge on any atom is 0.332 e. The fourth-order valence-electron chi connectivity index (χ4n) is 10.2. The van der Waals surface area contributed by atoms with Gasteiger partial charge in [0.15, 0.2) is 0 Å². The van der Waals surface area contributed by atoms with Crippen molar-refractivity contribution in [2.24, 2.45) is 0 Å². The van der Waals surface area contributed by atoms with E-state index < -0.39 is 0 Å². The highest BCUT2D eigenvalue weighted by atomic mass is 15.2. The molecule has 5 heteroatoms. The first-order chi connectivity index (χ1) is 29.7. The zero-order valence-electron chi connectivity index (χ0n) is 33.4. The Morgan fingerprint density at radius 2 is 1.15 bits per heavy atom. The van der Waals surface area contributed by atoms with Crippen LogP contribution in [0.3, 0.4) is 0 Å². The predicted octanol–water partition coefficient (Wildman–Crippen LogP) is 12.7. The molecule has 3 heterocycles. The molecule has 0 saturated heterocycles. The van der Waals surface area contributed by atoms with Gasteiger partial charge in [-0.05, 0) is 109 Å². The van der Waals surface area contributed by atoms with Gasteiger partial charge in [0.05, 0.1) is 17.1 Å². The summed E-state index contributed by atoms with van der Waals surface area (Å²) in [5.74, 6) is 0. The molecular weight excluding hydrogens is 727 g/mol. The van der Waals surface area contributed by atoms with Gasteiger partial charge < -0.3 is 18.8 Å². The first-order valence-electron chi connectivity index (χ1n) is 21.0. The minimum atomic E-state index is -0.0898. The summed E-state index contributed by atoms with van der Waals surface area (Å²) in [6.45, 7) is 2.18. The van der Waals surface area contributed by atoms with Gasteiger partial charge in [-0.2, -0.15) is 0 Å². The van der Waals surface area contributed by atoms with Crippen LogP contribution in [0.15, 0.2) is 212 Å². The molecule has 2 aromatic heterocycles. The van der Waals surface area contributed by atoms with E-state index >= 15 is 0 Å². The SMILES string of the molecule is Cc1cccc2c3ccccc3n(B3c4ccccc4-n4c5ccc(N(c6ccccc6)c6ccccc6)cc5c5cc(N(c6ccccc6)C6C=CC=CC6)cc3c54)c12. The molecule has 0 saturated carbocycles. The van der Waals surface area contributed by atoms with Gasteiger partial charge in [0, 0.05) is 66.7 Å². The largest absolute Gasteiger partial charge is 0.376 e. The van der Waals surface area contributed by atoms with Gasteiger partial charge in [0.25, 0.3) is 0 Å². The number of rotatable bonds is 7. The fourth-order valence-corrected chi connectivity index (χ4v) is 10.2. The van der Waals surface area contributed by atoms with Crippen molar-refractivity contribution >= 4 is 89.8 Å². The van der Waals surface area contributed by atoms with Crippen molar-refractivity contribution in [3.05, 3.63) is 218 Å². The summed E-state index contributed by atoms with van der Waals surface area (Å²) in [7, 11) is 0. The van der Waals surface area contributed by atoms with Crippen molar-refractivity contribution in [3.63, 3.8) is 0 Å². The summed E-state index contributed by atoms with van der Waals surface area (Å²) < 4.78 is 5.19. The molecule has 0 spiro atoms. The van der Waals surface area contributed by atoms with Crippen LogP contribution in [0.2, 0.25) is 0 Å². The van der Waals surface area contributed by atoms with Gasteiger partial charge in [-0.15, -0.1) is 0 Å². The van der Waals surface area contributed by atoms with Crippen LogP contribution >= 0.6 is 0 Å². The first kappa shape index (κ1) is 34.5. The summed E-state index contributed by atoms with van der Waals surface area (Å²) in [4.78, 5) is 4.93. The second-order valence-corrected chi connectivity index (χ2v) is 16.1. The second kappa shape index (κ2) is 13.8. The number of nitrogens with zero attached hydrogens (tertiary/aromatic N) is 4. The lowest BCUT2D eigenvalue weighted by molar-refractivity contribution is 0.786. The molecule has 1 unspecified atom stereocenters. The Balaban J connectivity index is 1.22. The van der Waals surface area contributed by atoms with Crippen LogP contribution in [-0.2, 0) is 0 Å². The van der Waals surface area contributed by atoms with Gasteiger partial charge in [-0.3, -0.25) is 0 Å². The standard InChI is InChI=1S/C55H41BN4/c1-38-19-18-29-46-45-28-14-16-31-52(45)60(54(38)46)56-49-30-15-17-32-53(49)59-51-34-33-43(57(39-20-6-2-7-21-39)40-22-8-3-9-23-40)35-47(51)48-36-44(37-50(56)55(48)59)58(41-24-10-4-11-25-41)42-26-12-5-13-27-42/h2-26,28-37,42H,27H2,1H3. The maximum atomic E-state index is 2.65. The molecule has 0 radical (unpaired) electrons. The minimum Gasteiger partial charge on any atom is -0.376 e. The van der Waals surface area contributed by atoms with Gasteiger partial charge in [0.2, 0.25) is 0 Å². The van der Waals surface area contributed by atoms with Gasteiger partial charge in [0.1, 0.15) is 0 Å². The molecule has 2 aliphatic rings. The first-order valence-corrected chi connectivity index (χ1v) is 21.0. The molecule has 4 nitrogen and oxygen atoms in total.